The molecule has 2 atom stereocenters. The van der Waals surface area contributed by atoms with Crippen LogP contribution < -0.4 is 5.73 Å². The van der Waals surface area contributed by atoms with Crippen molar-refractivity contribution in [1.29, 1.82) is 0 Å². The van der Waals surface area contributed by atoms with Crippen molar-refractivity contribution in [3.63, 3.8) is 0 Å². The second-order valence-electron chi connectivity index (χ2n) is 4.00. The van der Waals surface area contributed by atoms with E-state index in [1.165, 1.54) is 0 Å². The first-order chi connectivity index (χ1) is 8.09. The summed E-state index contributed by atoms with van der Waals surface area (Å²) in [6.07, 6.45) is 1.66. The molecule has 6 heteroatoms. The number of nitrogens with two attached hydrogens (primary N) is 1. The van der Waals surface area contributed by atoms with Crippen LogP contribution >= 0.6 is 11.8 Å². The SMILES string of the molecule is Cc1nnc(SC(c2ccco2)C(C)N)n1C. The molecule has 0 radical (unpaired) electrons. The number of thioether (sulfide) groups is 1. The molecule has 0 amide bonds. The first-order valence-corrected chi connectivity index (χ1v) is 6.29. The van der Waals surface area contributed by atoms with Gasteiger partial charge in [-0.3, -0.25) is 0 Å². The molecule has 2 N–H and O–H groups in total. The molecule has 5 nitrogen and oxygen atoms in total. The van der Waals surface area contributed by atoms with Crippen LogP contribution in [0.15, 0.2) is 28.0 Å². The van der Waals surface area contributed by atoms with E-state index in [4.69, 9.17) is 10.2 Å². The molecule has 0 saturated carbocycles. The Morgan fingerprint density at radius 1 is 1.47 bits per heavy atom. The van der Waals surface area contributed by atoms with Gasteiger partial charge in [0.15, 0.2) is 5.16 Å². The summed E-state index contributed by atoms with van der Waals surface area (Å²) in [6, 6.07) is 3.78. The summed E-state index contributed by atoms with van der Waals surface area (Å²) >= 11 is 1.57. The predicted octanol–water partition coefficient (Wildman–Crippen LogP) is 1.90. The minimum Gasteiger partial charge on any atom is -0.468 e. The lowest BCUT2D eigenvalue weighted by Crippen LogP contribution is -2.22. The second kappa shape index (κ2) is 4.93. The van der Waals surface area contributed by atoms with E-state index in [1.54, 1.807) is 18.0 Å². The summed E-state index contributed by atoms with van der Waals surface area (Å²) in [7, 11) is 1.94. The van der Waals surface area contributed by atoms with Crippen molar-refractivity contribution in [2.45, 2.75) is 30.3 Å². The lowest BCUT2D eigenvalue weighted by Gasteiger charge is -2.17. The van der Waals surface area contributed by atoms with Crippen LogP contribution in [0.5, 0.6) is 0 Å². The van der Waals surface area contributed by atoms with Gasteiger partial charge < -0.3 is 14.7 Å². The summed E-state index contributed by atoms with van der Waals surface area (Å²) in [6.45, 7) is 3.88. The van der Waals surface area contributed by atoms with Gasteiger partial charge in [-0.2, -0.15) is 0 Å². The fourth-order valence-electron chi connectivity index (χ4n) is 1.48. The summed E-state index contributed by atoms with van der Waals surface area (Å²) in [4.78, 5) is 0. The van der Waals surface area contributed by atoms with Crippen LogP contribution in [0.4, 0.5) is 0 Å². The molecule has 0 aliphatic heterocycles. The van der Waals surface area contributed by atoms with E-state index in [-0.39, 0.29) is 11.3 Å². The summed E-state index contributed by atoms with van der Waals surface area (Å²) < 4.78 is 7.36. The van der Waals surface area contributed by atoms with Gasteiger partial charge >= 0.3 is 0 Å². The fourth-order valence-corrected chi connectivity index (χ4v) is 2.55. The van der Waals surface area contributed by atoms with Gasteiger partial charge in [-0.05, 0) is 26.0 Å². The average molecular weight is 252 g/mol. The average Bonchev–Trinajstić information content (AvgIpc) is 2.89. The predicted molar refractivity (Wildman–Crippen MR) is 66.7 cm³/mol. The first kappa shape index (κ1) is 12.2. The van der Waals surface area contributed by atoms with Gasteiger partial charge in [0.05, 0.1) is 11.5 Å². The van der Waals surface area contributed by atoms with Crippen LogP contribution in [0.3, 0.4) is 0 Å². The Morgan fingerprint density at radius 3 is 2.71 bits per heavy atom. The molecule has 0 fully saturated rings. The lowest BCUT2D eigenvalue weighted by molar-refractivity contribution is 0.486. The second-order valence-corrected chi connectivity index (χ2v) is 5.11. The van der Waals surface area contributed by atoms with Gasteiger partial charge in [-0.25, -0.2) is 0 Å². The summed E-state index contributed by atoms with van der Waals surface area (Å²) in [5, 5.41) is 9.05. The van der Waals surface area contributed by atoms with Crippen molar-refractivity contribution in [2.24, 2.45) is 12.8 Å². The highest BCUT2D eigenvalue weighted by Gasteiger charge is 2.23. The number of nitrogens with zero attached hydrogens (tertiary/aromatic N) is 3. The van der Waals surface area contributed by atoms with Crippen LogP contribution in [0.25, 0.3) is 0 Å². The minimum atomic E-state index is -0.0249. The summed E-state index contributed by atoms with van der Waals surface area (Å²) in [5.41, 5.74) is 5.99. The van der Waals surface area contributed by atoms with Crippen LogP contribution in [0.1, 0.15) is 23.8 Å². The maximum absolute atomic E-state index is 5.99. The standard InChI is InChI=1S/C11H16N4OS/c1-7(12)10(9-5-4-6-16-9)17-11-14-13-8(2)15(11)3/h4-7,10H,12H2,1-3H3. The number of hydrogen-bond acceptors (Lipinski definition) is 5. The van der Waals surface area contributed by atoms with Crippen LogP contribution in [-0.4, -0.2) is 20.8 Å². The third-order valence-electron chi connectivity index (χ3n) is 2.59. The third-order valence-corrected chi connectivity index (χ3v) is 4.07. The van der Waals surface area contributed by atoms with Crippen LogP contribution in [-0.2, 0) is 7.05 Å². The van der Waals surface area contributed by atoms with Gasteiger partial charge in [0, 0.05) is 13.1 Å². The molecule has 0 spiro atoms. The maximum atomic E-state index is 5.99. The van der Waals surface area contributed by atoms with Crippen molar-refractivity contribution in [1.82, 2.24) is 14.8 Å². The highest BCUT2D eigenvalue weighted by Crippen LogP contribution is 2.36. The quantitative estimate of drug-likeness (QED) is 0.841. The number of aryl methyl sites for hydroxylation is 1. The van der Waals surface area contributed by atoms with Gasteiger partial charge in [0.1, 0.15) is 11.6 Å². The molecular weight excluding hydrogens is 236 g/mol. The normalized spacial score (nSPS) is 14.8. The van der Waals surface area contributed by atoms with E-state index in [1.807, 2.05) is 37.6 Å². The number of rotatable bonds is 4. The monoisotopic (exact) mass is 252 g/mol. The number of hydrogen-bond donors (Lipinski definition) is 1. The topological polar surface area (TPSA) is 69.9 Å². The first-order valence-electron chi connectivity index (χ1n) is 5.41. The molecular formula is C11H16N4OS. The van der Waals surface area contributed by atoms with Gasteiger partial charge in [-0.15, -0.1) is 10.2 Å². The molecule has 2 unspecified atom stereocenters. The van der Waals surface area contributed by atoms with Gasteiger partial charge in [0.25, 0.3) is 0 Å². The third kappa shape index (κ3) is 2.53. The molecule has 0 aliphatic carbocycles. The molecule has 17 heavy (non-hydrogen) atoms. The van der Waals surface area contributed by atoms with Crippen molar-refractivity contribution in [3.8, 4) is 0 Å². The lowest BCUT2D eigenvalue weighted by atomic mass is 10.2. The molecule has 2 heterocycles. The molecule has 2 rings (SSSR count). The Morgan fingerprint density at radius 2 is 2.24 bits per heavy atom. The zero-order chi connectivity index (χ0) is 12.4. The zero-order valence-electron chi connectivity index (χ0n) is 10.1. The molecule has 0 aromatic carbocycles. The summed E-state index contributed by atoms with van der Waals surface area (Å²) in [5.74, 6) is 1.75. The fraction of sp³-hybridized carbons (Fsp3) is 0.455. The minimum absolute atomic E-state index is 0.0249. The van der Waals surface area contributed by atoms with E-state index in [0.29, 0.717) is 0 Å². The smallest absolute Gasteiger partial charge is 0.191 e. The van der Waals surface area contributed by atoms with E-state index in [0.717, 1.165) is 16.7 Å². The van der Waals surface area contributed by atoms with E-state index < -0.39 is 0 Å². The Bertz CT molecular complexity index is 478. The van der Waals surface area contributed by atoms with Crippen molar-refractivity contribution in [2.75, 3.05) is 0 Å². The molecule has 0 bridgehead atoms. The maximum Gasteiger partial charge on any atom is 0.191 e. The van der Waals surface area contributed by atoms with Crippen LogP contribution in [0.2, 0.25) is 0 Å². The van der Waals surface area contributed by atoms with Crippen molar-refractivity contribution >= 4 is 11.8 Å². The van der Waals surface area contributed by atoms with Crippen molar-refractivity contribution < 1.29 is 4.42 Å². The Hall–Kier alpha value is -1.27. The van der Waals surface area contributed by atoms with Gasteiger partial charge in [-0.1, -0.05) is 11.8 Å². The molecule has 92 valence electrons. The number of aromatic nitrogens is 3. The molecule has 0 aliphatic rings. The number of furan rings is 1. The van der Waals surface area contributed by atoms with E-state index >= 15 is 0 Å². The van der Waals surface area contributed by atoms with E-state index in [9.17, 15) is 0 Å². The highest BCUT2D eigenvalue weighted by molar-refractivity contribution is 7.99. The largest absolute Gasteiger partial charge is 0.468 e. The van der Waals surface area contributed by atoms with Gasteiger partial charge in [0.2, 0.25) is 0 Å². The van der Waals surface area contributed by atoms with E-state index in [2.05, 4.69) is 10.2 Å². The zero-order valence-corrected chi connectivity index (χ0v) is 10.9. The molecule has 2 aromatic rings. The Balaban J connectivity index is 2.22. The Kier molecular flexibility index (Phi) is 3.54. The molecule has 0 saturated heterocycles. The van der Waals surface area contributed by atoms with Crippen LogP contribution in [0, 0.1) is 6.92 Å². The highest BCUT2D eigenvalue weighted by atomic mass is 32.2. The molecule has 2 aromatic heterocycles. The van der Waals surface area contributed by atoms with Crippen molar-refractivity contribution in [3.05, 3.63) is 30.0 Å². The Labute approximate surface area is 104 Å².